The number of ether oxygens (including phenoxy) is 1. The number of carbonyl (C=O) groups is 1. The molecule has 8 heteroatoms. The Kier molecular flexibility index (Phi) is 8.81. The van der Waals surface area contributed by atoms with Gasteiger partial charge in [0.15, 0.2) is 5.96 Å². The Bertz CT molecular complexity index is 643. The fourth-order valence-corrected chi connectivity index (χ4v) is 4.73. The first-order valence-electron chi connectivity index (χ1n) is 9.45. The van der Waals surface area contributed by atoms with Gasteiger partial charge in [0.05, 0.1) is 13.0 Å². The summed E-state index contributed by atoms with van der Waals surface area (Å²) in [6.07, 6.45) is 2.82. The summed E-state index contributed by atoms with van der Waals surface area (Å²) in [6, 6.07) is 2.71. The third-order valence-electron chi connectivity index (χ3n) is 5.56. The van der Waals surface area contributed by atoms with Gasteiger partial charge in [-0.3, -0.25) is 14.7 Å². The average Bonchev–Trinajstić information content (AvgIpc) is 3.16. The van der Waals surface area contributed by atoms with E-state index in [2.05, 4.69) is 38.5 Å². The molecule has 2 aliphatic rings. The van der Waals surface area contributed by atoms with Crippen molar-refractivity contribution in [3.8, 4) is 0 Å². The molecule has 3 rings (SSSR count). The van der Waals surface area contributed by atoms with Crippen LogP contribution in [0.1, 0.15) is 30.2 Å². The summed E-state index contributed by atoms with van der Waals surface area (Å²) in [5.74, 6) is 0.883. The maximum Gasteiger partial charge on any atom is 0.308 e. The lowest BCUT2D eigenvalue weighted by Gasteiger charge is -2.36. The molecule has 1 aromatic rings. The third-order valence-corrected chi connectivity index (χ3v) is 6.58. The Labute approximate surface area is 183 Å². The van der Waals surface area contributed by atoms with Crippen LogP contribution in [0.5, 0.6) is 0 Å². The van der Waals surface area contributed by atoms with Gasteiger partial charge in [-0.05, 0) is 43.2 Å². The van der Waals surface area contributed by atoms with E-state index in [1.165, 1.54) is 12.7 Å². The van der Waals surface area contributed by atoms with Crippen molar-refractivity contribution in [1.29, 1.82) is 0 Å². The number of methoxy groups -OCH3 is 1. The van der Waals surface area contributed by atoms with Crippen LogP contribution in [0.25, 0.3) is 0 Å². The Morgan fingerprint density at radius 1 is 1.41 bits per heavy atom. The summed E-state index contributed by atoms with van der Waals surface area (Å²) in [4.78, 5) is 22.5. The quantitative estimate of drug-likeness (QED) is 0.295. The van der Waals surface area contributed by atoms with Gasteiger partial charge >= 0.3 is 5.97 Å². The summed E-state index contributed by atoms with van der Waals surface area (Å²) in [6.45, 7) is 7.01. The molecule has 1 aromatic heterocycles. The van der Waals surface area contributed by atoms with E-state index in [4.69, 9.17) is 4.74 Å². The number of nitrogens with zero attached hydrogens (tertiary/aromatic N) is 3. The molecule has 0 aromatic carbocycles. The van der Waals surface area contributed by atoms with Crippen molar-refractivity contribution in [2.24, 2.45) is 10.9 Å². The second kappa shape index (κ2) is 10.6. The van der Waals surface area contributed by atoms with Gasteiger partial charge in [0.25, 0.3) is 0 Å². The van der Waals surface area contributed by atoms with Gasteiger partial charge in [-0.2, -0.15) is 0 Å². The lowest BCUT2D eigenvalue weighted by Crippen LogP contribution is -2.50. The summed E-state index contributed by atoms with van der Waals surface area (Å²) in [5, 5.41) is 5.74. The molecule has 1 saturated heterocycles. The fraction of sp³-hybridized carbons (Fsp3) is 0.684. The van der Waals surface area contributed by atoms with Gasteiger partial charge in [0.2, 0.25) is 0 Å². The van der Waals surface area contributed by atoms with E-state index in [0.717, 1.165) is 57.9 Å². The number of hydrogen-bond acceptors (Lipinski definition) is 5. The van der Waals surface area contributed by atoms with Gasteiger partial charge in [-0.25, -0.2) is 0 Å². The first-order chi connectivity index (χ1) is 12.6. The fourth-order valence-electron chi connectivity index (χ4n) is 3.84. The molecule has 0 radical (unpaired) electrons. The Hall–Kier alpha value is -0.870. The van der Waals surface area contributed by atoms with Gasteiger partial charge < -0.3 is 15.0 Å². The van der Waals surface area contributed by atoms with Crippen LogP contribution < -0.4 is 5.32 Å². The summed E-state index contributed by atoms with van der Waals surface area (Å²) < 4.78 is 4.87. The molecule has 1 unspecified atom stereocenters. The van der Waals surface area contributed by atoms with E-state index in [1.54, 1.807) is 4.88 Å². The van der Waals surface area contributed by atoms with Crippen molar-refractivity contribution in [2.45, 2.75) is 38.8 Å². The molecule has 1 fully saturated rings. The van der Waals surface area contributed by atoms with Crippen molar-refractivity contribution >= 4 is 47.2 Å². The van der Waals surface area contributed by atoms with Crippen LogP contribution in [0.3, 0.4) is 0 Å². The van der Waals surface area contributed by atoms with E-state index >= 15 is 0 Å². The number of nitrogens with one attached hydrogen (secondary N) is 1. The van der Waals surface area contributed by atoms with Gasteiger partial charge in [-0.1, -0.05) is 0 Å². The smallest absolute Gasteiger partial charge is 0.308 e. The number of piperidine rings is 1. The standard InChI is InChI=1S/C19H30N4O2S.HI/c1-14(23-10-6-17-16(13-23)7-11-26-17)12-21-19(20-2)22-8-4-15(5-9-22)18(24)25-3;/h7,11,14-15H,4-6,8-10,12-13H2,1-3H3,(H,20,21);1H. The molecule has 0 saturated carbocycles. The number of aliphatic imine (C=N–C) groups is 1. The molecule has 1 N–H and O–H groups in total. The first kappa shape index (κ1) is 22.4. The predicted molar refractivity (Wildman–Crippen MR) is 121 cm³/mol. The van der Waals surface area contributed by atoms with Crippen molar-refractivity contribution in [2.75, 3.05) is 40.3 Å². The van der Waals surface area contributed by atoms with Crippen LogP contribution in [0.2, 0.25) is 0 Å². The molecular weight excluding hydrogens is 475 g/mol. The normalized spacial score (nSPS) is 19.8. The number of likely N-dealkylation sites (tertiary alicyclic amines) is 1. The molecule has 0 amide bonds. The van der Waals surface area contributed by atoms with Crippen molar-refractivity contribution in [1.82, 2.24) is 15.1 Å². The lowest BCUT2D eigenvalue weighted by atomic mass is 9.97. The Balaban J connectivity index is 0.00000261. The molecule has 3 heterocycles. The highest BCUT2D eigenvalue weighted by molar-refractivity contribution is 14.0. The topological polar surface area (TPSA) is 57.2 Å². The van der Waals surface area contributed by atoms with E-state index in [0.29, 0.717) is 6.04 Å². The van der Waals surface area contributed by atoms with Crippen LogP contribution in [0, 0.1) is 5.92 Å². The maximum atomic E-state index is 11.7. The summed E-state index contributed by atoms with van der Waals surface area (Å²) >= 11 is 1.88. The number of carbonyl (C=O) groups excluding carboxylic acids is 1. The molecule has 152 valence electrons. The molecule has 1 atom stereocenters. The number of halogens is 1. The van der Waals surface area contributed by atoms with Gasteiger partial charge in [-0.15, -0.1) is 35.3 Å². The highest BCUT2D eigenvalue weighted by Gasteiger charge is 2.27. The minimum Gasteiger partial charge on any atom is -0.469 e. The van der Waals surface area contributed by atoms with Gasteiger partial charge in [0.1, 0.15) is 0 Å². The zero-order chi connectivity index (χ0) is 18.5. The first-order valence-corrected chi connectivity index (χ1v) is 10.3. The minimum absolute atomic E-state index is 0. The number of hydrogen-bond donors (Lipinski definition) is 1. The van der Waals surface area contributed by atoms with Crippen molar-refractivity contribution in [3.05, 3.63) is 21.9 Å². The number of fused-ring (bicyclic) bond motifs is 1. The van der Waals surface area contributed by atoms with E-state index in [1.807, 2.05) is 18.4 Å². The van der Waals surface area contributed by atoms with Crippen LogP contribution in [-0.2, 0) is 22.5 Å². The highest BCUT2D eigenvalue weighted by Crippen LogP contribution is 2.25. The zero-order valence-electron chi connectivity index (χ0n) is 16.4. The highest BCUT2D eigenvalue weighted by atomic mass is 127. The van der Waals surface area contributed by atoms with Crippen LogP contribution in [-0.4, -0.2) is 68.1 Å². The third kappa shape index (κ3) is 5.57. The monoisotopic (exact) mass is 506 g/mol. The van der Waals surface area contributed by atoms with Crippen LogP contribution in [0.4, 0.5) is 0 Å². The molecule has 0 aliphatic carbocycles. The summed E-state index contributed by atoms with van der Waals surface area (Å²) in [5.41, 5.74) is 1.49. The molecule has 0 bridgehead atoms. The molecular formula is C19H31IN4O2S. The zero-order valence-corrected chi connectivity index (χ0v) is 19.6. The van der Waals surface area contributed by atoms with Crippen molar-refractivity contribution < 1.29 is 9.53 Å². The summed E-state index contributed by atoms with van der Waals surface area (Å²) in [7, 11) is 3.30. The number of guanidine groups is 1. The number of rotatable bonds is 4. The SMILES string of the molecule is CN=C(NCC(C)N1CCc2sccc2C1)N1CCC(C(=O)OC)CC1.I. The second-order valence-electron chi connectivity index (χ2n) is 7.15. The molecule has 27 heavy (non-hydrogen) atoms. The van der Waals surface area contributed by atoms with Gasteiger partial charge in [0, 0.05) is 50.7 Å². The van der Waals surface area contributed by atoms with E-state index < -0.39 is 0 Å². The van der Waals surface area contributed by atoms with Crippen LogP contribution >= 0.6 is 35.3 Å². The number of thiophene rings is 1. The lowest BCUT2D eigenvalue weighted by molar-refractivity contribution is -0.146. The minimum atomic E-state index is -0.0842. The molecule has 2 aliphatic heterocycles. The maximum absolute atomic E-state index is 11.7. The Morgan fingerprint density at radius 3 is 2.81 bits per heavy atom. The predicted octanol–water partition coefficient (Wildman–Crippen LogP) is 2.57. The van der Waals surface area contributed by atoms with Crippen LogP contribution in [0.15, 0.2) is 16.4 Å². The van der Waals surface area contributed by atoms with E-state index in [9.17, 15) is 4.79 Å². The Morgan fingerprint density at radius 2 is 2.15 bits per heavy atom. The average molecular weight is 506 g/mol. The van der Waals surface area contributed by atoms with E-state index in [-0.39, 0.29) is 35.9 Å². The number of esters is 1. The largest absolute Gasteiger partial charge is 0.469 e. The molecule has 6 nitrogen and oxygen atoms in total. The second-order valence-corrected chi connectivity index (χ2v) is 8.15. The van der Waals surface area contributed by atoms with Crippen molar-refractivity contribution in [3.63, 3.8) is 0 Å². The molecule has 0 spiro atoms.